The van der Waals surface area contributed by atoms with Crippen LogP contribution >= 0.6 is 11.3 Å². The second-order valence-corrected chi connectivity index (χ2v) is 4.90. The van der Waals surface area contributed by atoms with Gasteiger partial charge in [0.2, 0.25) is 0 Å². The highest BCUT2D eigenvalue weighted by Crippen LogP contribution is 2.25. The van der Waals surface area contributed by atoms with Crippen molar-refractivity contribution in [3.63, 3.8) is 0 Å². The van der Waals surface area contributed by atoms with Crippen molar-refractivity contribution in [3.05, 3.63) is 34.0 Å². The Balaban J connectivity index is 2.03. The van der Waals surface area contributed by atoms with E-state index in [9.17, 15) is 0 Å². The van der Waals surface area contributed by atoms with Crippen molar-refractivity contribution in [2.75, 3.05) is 0 Å². The number of nitrogens with zero attached hydrogens (tertiary/aromatic N) is 2. The minimum atomic E-state index is 0.180. The Bertz CT molecular complexity index is 435. The van der Waals surface area contributed by atoms with Gasteiger partial charge in [-0.3, -0.25) is 5.10 Å². The van der Waals surface area contributed by atoms with Crippen LogP contribution in [-0.4, -0.2) is 15.2 Å². The van der Waals surface area contributed by atoms with Gasteiger partial charge >= 0.3 is 0 Å². The fourth-order valence-corrected chi connectivity index (χ4v) is 2.73. The largest absolute Gasteiger partial charge is 0.300 e. The van der Waals surface area contributed by atoms with Gasteiger partial charge in [-0.25, -0.2) is 4.98 Å². The number of aromatic amines is 1. The van der Waals surface area contributed by atoms with E-state index in [2.05, 4.69) is 52.7 Å². The van der Waals surface area contributed by atoms with Gasteiger partial charge in [-0.2, -0.15) is 5.10 Å². The van der Waals surface area contributed by atoms with Crippen LogP contribution in [0.25, 0.3) is 0 Å². The molecule has 2 aromatic heterocycles. The van der Waals surface area contributed by atoms with Crippen LogP contribution in [0, 0.1) is 6.92 Å². The molecule has 0 bridgehead atoms. The Labute approximate surface area is 99.1 Å². The number of H-pyrrole nitrogens is 1. The maximum atomic E-state index is 4.15. The molecule has 4 nitrogen and oxygen atoms in total. The lowest BCUT2D eigenvalue weighted by molar-refractivity contribution is 0.481. The second kappa shape index (κ2) is 4.76. The summed E-state index contributed by atoms with van der Waals surface area (Å²) in [4.78, 5) is 5.53. The SMILES string of the molecule is Cc1ccsc1C(C)NC(C)c1ncn[nH]1. The van der Waals surface area contributed by atoms with Crippen molar-refractivity contribution in [1.82, 2.24) is 20.5 Å². The van der Waals surface area contributed by atoms with Crippen LogP contribution in [0.5, 0.6) is 0 Å². The van der Waals surface area contributed by atoms with E-state index >= 15 is 0 Å². The molecule has 2 atom stereocenters. The van der Waals surface area contributed by atoms with Crippen molar-refractivity contribution >= 4 is 11.3 Å². The van der Waals surface area contributed by atoms with Crippen LogP contribution in [0.4, 0.5) is 0 Å². The van der Waals surface area contributed by atoms with E-state index in [-0.39, 0.29) is 6.04 Å². The molecular weight excluding hydrogens is 220 g/mol. The molecule has 0 saturated heterocycles. The van der Waals surface area contributed by atoms with Gasteiger partial charge in [0.1, 0.15) is 12.2 Å². The van der Waals surface area contributed by atoms with Gasteiger partial charge in [0, 0.05) is 10.9 Å². The molecular formula is C11H16N4S. The predicted octanol–water partition coefficient (Wildman–Crippen LogP) is 2.59. The number of hydrogen-bond acceptors (Lipinski definition) is 4. The third kappa shape index (κ3) is 2.31. The van der Waals surface area contributed by atoms with E-state index in [0.29, 0.717) is 6.04 Å². The quantitative estimate of drug-likeness (QED) is 0.858. The molecule has 0 aromatic carbocycles. The first-order valence-electron chi connectivity index (χ1n) is 5.33. The van der Waals surface area contributed by atoms with E-state index < -0.39 is 0 Å². The summed E-state index contributed by atoms with van der Waals surface area (Å²) in [5, 5.41) is 12.4. The van der Waals surface area contributed by atoms with Crippen molar-refractivity contribution in [1.29, 1.82) is 0 Å². The first-order chi connectivity index (χ1) is 7.68. The summed E-state index contributed by atoms with van der Waals surface area (Å²) in [6.07, 6.45) is 1.54. The molecule has 2 aromatic rings. The van der Waals surface area contributed by atoms with Gasteiger partial charge in [-0.05, 0) is 37.8 Å². The standard InChI is InChI=1S/C11H16N4S/c1-7-4-5-16-10(7)8(2)14-9(3)11-12-6-13-15-11/h4-6,8-9,14H,1-3H3,(H,12,13,15). The molecule has 0 aliphatic heterocycles. The Morgan fingerprint density at radius 1 is 1.38 bits per heavy atom. The summed E-state index contributed by atoms with van der Waals surface area (Å²) in [5.74, 6) is 0.876. The number of hydrogen-bond donors (Lipinski definition) is 2. The zero-order chi connectivity index (χ0) is 11.5. The van der Waals surface area contributed by atoms with Gasteiger partial charge in [0.15, 0.2) is 0 Å². The number of aryl methyl sites for hydroxylation is 1. The number of nitrogens with one attached hydrogen (secondary N) is 2. The summed E-state index contributed by atoms with van der Waals surface area (Å²) in [6, 6.07) is 2.66. The summed E-state index contributed by atoms with van der Waals surface area (Å²) in [5.41, 5.74) is 1.34. The zero-order valence-electron chi connectivity index (χ0n) is 9.69. The first kappa shape index (κ1) is 11.3. The molecule has 0 amide bonds. The average Bonchev–Trinajstić information content (AvgIpc) is 2.86. The summed E-state index contributed by atoms with van der Waals surface area (Å²) in [6.45, 7) is 6.40. The van der Waals surface area contributed by atoms with Crippen LogP contribution in [0.2, 0.25) is 0 Å². The van der Waals surface area contributed by atoms with Gasteiger partial charge in [-0.1, -0.05) is 0 Å². The summed E-state index contributed by atoms with van der Waals surface area (Å²) >= 11 is 1.79. The first-order valence-corrected chi connectivity index (χ1v) is 6.21. The van der Waals surface area contributed by atoms with Crippen LogP contribution in [0.3, 0.4) is 0 Å². The van der Waals surface area contributed by atoms with E-state index in [0.717, 1.165) is 5.82 Å². The maximum Gasteiger partial charge on any atom is 0.141 e. The van der Waals surface area contributed by atoms with E-state index in [4.69, 9.17) is 0 Å². The van der Waals surface area contributed by atoms with Crippen molar-refractivity contribution in [3.8, 4) is 0 Å². The lowest BCUT2D eigenvalue weighted by Crippen LogP contribution is -2.23. The van der Waals surface area contributed by atoms with E-state index in [1.54, 1.807) is 11.3 Å². The smallest absolute Gasteiger partial charge is 0.141 e. The molecule has 2 unspecified atom stereocenters. The molecule has 2 rings (SSSR count). The maximum absolute atomic E-state index is 4.15. The predicted molar refractivity (Wildman–Crippen MR) is 65.4 cm³/mol. The van der Waals surface area contributed by atoms with Crippen LogP contribution in [-0.2, 0) is 0 Å². The van der Waals surface area contributed by atoms with Crippen LogP contribution in [0.1, 0.15) is 42.2 Å². The van der Waals surface area contributed by atoms with Gasteiger partial charge < -0.3 is 5.32 Å². The fraction of sp³-hybridized carbons (Fsp3) is 0.455. The Kier molecular flexibility index (Phi) is 3.36. The van der Waals surface area contributed by atoms with Crippen LogP contribution in [0.15, 0.2) is 17.8 Å². The minimum absolute atomic E-state index is 0.180. The third-order valence-corrected chi connectivity index (χ3v) is 3.84. The number of thiophene rings is 1. The molecule has 2 N–H and O–H groups in total. The zero-order valence-corrected chi connectivity index (χ0v) is 10.5. The molecule has 0 fully saturated rings. The lowest BCUT2D eigenvalue weighted by Gasteiger charge is -2.18. The number of aromatic nitrogens is 3. The van der Waals surface area contributed by atoms with Crippen molar-refractivity contribution < 1.29 is 0 Å². The minimum Gasteiger partial charge on any atom is -0.300 e. The molecule has 16 heavy (non-hydrogen) atoms. The second-order valence-electron chi connectivity index (χ2n) is 3.95. The number of rotatable bonds is 4. The lowest BCUT2D eigenvalue weighted by atomic mass is 10.1. The highest BCUT2D eigenvalue weighted by molar-refractivity contribution is 7.10. The summed E-state index contributed by atoms with van der Waals surface area (Å²) in [7, 11) is 0. The third-order valence-electron chi connectivity index (χ3n) is 2.64. The van der Waals surface area contributed by atoms with Crippen molar-refractivity contribution in [2.45, 2.75) is 32.9 Å². The van der Waals surface area contributed by atoms with Gasteiger partial charge in [0.05, 0.1) is 6.04 Å². The Morgan fingerprint density at radius 2 is 2.19 bits per heavy atom. The monoisotopic (exact) mass is 236 g/mol. The Hall–Kier alpha value is -1.20. The molecule has 0 saturated carbocycles. The topological polar surface area (TPSA) is 53.6 Å². The highest BCUT2D eigenvalue weighted by atomic mass is 32.1. The average molecular weight is 236 g/mol. The molecule has 2 heterocycles. The van der Waals surface area contributed by atoms with E-state index in [1.165, 1.54) is 16.8 Å². The van der Waals surface area contributed by atoms with Crippen molar-refractivity contribution in [2.24, 2.45) is 0 Å². The molecule has 0 aliphatic carbocycles. The van der Waals surface area contributed by atoms with Gasteiger partial charge in [-0.15, -0.1) is 11.3 Å². The van der Waals surface area contributed by atoms with E-state index in [1.807, 2.05) is 0 Å². The molecule has 5 heteroatoms. The molecule has 86 valence electrons. The Morgan fingerprint density at radius 3 is 2.75 bits per heavy atom. The normalized spacial score (nSPS) is 14.9. The van der Waals surface area contributed by atoms with Gasteiger partial charge in [0.25, 0.3) is 0 Å². The highest BCUT2D eigenvalue weighted by Gasteiger charge is 2.15. The molecule has 0 spiro atoms. The fourth-order valence-electron chi connectivity index (χ4n) is 1.78. The summed E-state index contributed by atoms with van der Waals surface area (Å²) < 4.78 is 0. The molecule has 0 aliphatic rings. The van der Waals surface area contributed by atoms with Crippen LogP contribution < -0.4 is 5.32 Å². The molecule has 0 radical (unpaired) electrons.